The lowest BCUT2D eigenvalue weighted by Gasteiger charge is -2.11. The Morgan fingerprint density at radius 1 is 1.15 bits per heavy atom. The number of nitrogens with zero attached hydrogens (tertiary/aromatic N) is 3. The molecule has 0 atom stereocenters. The van der Waals surface area contributed by atoms with E-state index in [0.29, 0.717) is 17.3 Å². The number of halogens is 1. The van der Waals surface area contributed by atoms with Crippen LogP contribution >= 0.6 is 0 Å². The standard InChI is InChI=1S/C15H17FN4/c1-9-6-7-11(16)8-12(9)14-18-13(19-15(17)20-14)10-4-2-3-5-10/h6-8,10H,2-5H2,1H3,(H2,17,18,19,20). The lowest BCUT2D eigenvalue weighted by Crippen LogP contribution is -2.08. The third-order valence-corrected chi connectivity index (χ3v) is 3.83. The molecule has 0 unspecified atom stereocenters. The number of hydrogen-bond acceptors (Lipinski definition) is 4. The van der Waals surface area contributed by atoms with Crippen LogP contribution in [-0.2, 0) is 0 Å². The Bertz CT molecular complexity index is 636. The van der Waals surface area contributed by atoms with Crippen molar-refractivity contribution < 1.29 is 4.39 Å². The Morgan fingerprint density at radius 3 is 2.65 bits per heavy atom. The van der Waals surface area contributed by atoms with Crippen LogP contribution in [0.15, 0.2) is 18.2 Å². The molecule has 2 N–H and O–H groups in total. The maximum Gasteiger partial charge on any atom is 0.223 e. The van der Waals surface area contributed by atoms with Crippen molar-refractivity contribution in [3.8, 4) is 11.4 Å². The summed E-state index contributed by atoms with van der Waals surface area (Å²) in [5, 5.41) is 0. The molecular formula is C15H17FN4. The van der Waals surface area contributed by atoms with Gasteiger partial charge in [0.05, 0.1) is 0 Å². The summed E-state index contributed by atoms with van der Waals surface area (Å²) in [5.74, 6) is 1.48. The van der Waals surface area contributed by atoms with Gasteiger partial charge >= 0.3 is 0 Å². The normalized spacial score (nSPS) is 15.7. The Kier molecular flexibility index (Phi) is 3.34. The minimum atomic E-state index is -0.299. The molecule has 0 radical (unpaired) electrons. The van der Waals surface area contributed by atoms with Gasteiger partial charge in [0.2, 0.25) is 5.95 Å². The number of hydrogen-bond donors (Lipinski definition) is 1. The second-order valence-corrected chi connectivity index (χ2v) is 5.32. The zero-order valence-corrected chi connectivity index (χ0v) is 11.4. The molecule has 20 heavy (non-hydrogen) atoms. The number of aromatic nitrogens is 3. The fourth-order valence-electron chi connectivity index (χ4n) is 2.73. The fourth-order valence-corrected chi connectivity index (χ4v) is 2.73. The van der Waals surface area contributed by atoms with E-state index in [1.807, 2.05) is 6.92 Å². The minimum Gasteiger partial charge on any atom is -0.368 e. The van der Waals surface area contributed by atoms with Crippen molar-refractivity contribution >= 4 is 5.95 Å². The molecule has 0 saturated heterocycles. The summed E-state index contributed by atoms with van der Waals surface area (Å²) >= 11 is 0. The van der Waals surface area contributed by atoms with Crippen LogP contribution in [0.25, 0.3) is 11.4 Å². The van der Waals surface area contributed by atoms with Crippen LogP contribution in [0.3, 0.4) is 0 Å². The van der Waals surface area contributed by atoms with Crippen LogP contribution < -0.4 is 5.73 Å². The van der Waals surface area contributed by atoms with E-state index in [1.165, 1.54) is 25.0 Å². The molecule has 0 spiro atoms. The van der Waals surface area contributed by atoms with Crippen LogP contribution in [0, 0.1) is 12.7 Å². The molecule has 5 heteroatoms. The Morgan fingerprint density at radius 2 is 1.90 bits per heavy atom. The third-order valence-electron chi connectivity index (χ3n) is 3.83. The van der Waals surface area contributed by atoms with E-state index in [0.717, 1.165) is 24.2 Å². The summed E-state index contributed by atoms with van der Waals surface area (Å²) < 4.78 is 13.4. The zero-order valence-electron chi connectivity index (χ0n) is 11.4. The highest BCUT2D eigenvalue weighted by Gasteiger charge is 2.21. The highest BCUT2D eigenvalue weighted by molar-refractivity contribution is 5.60. The van der Waals surface area contributed by atoms with Gasteiger partial charge in [-0.3, -0.25) is 0 Å². The molecule has 0 bridgehead atoms. The topological polar surface area (TPSA) is 64.7 Å². The molecular weight excluding hydrogens is 255 g/mol. The van der Waals surface area contributed by atoms with Crippen molar-refractivity contribution in [1.29, 1.82) is 0 Å². The summed E-state index contributed by atoms with van der Waals surface area (Å²) in [6.07, 6.45) is 4.57. The highest BCUT2D eigenvalue weighted by Crippen LogP contribution is 2.33. The van der Waals surface area contributed by atoms with Crippen molar-refractivity contribution in [3.63, 3.8) is 0 Å². The van der Waals surface area contributed by atoms with E-state index in [4.69, 9.17) is 5.73 Å². The molecule has 1 fully saturated rings. The minimum absolute atomic E-state index is 0.209. The van der Waals surface area contributed by atoms with E-state index >= 15 is 0 Å². The molecule has 1 saturated carbocycles. The predicted octanol–water partition coefficient (Wildman–Crippen LogP) is 3.23. The van der Waals surface area contributed by atoms with Gasteiger partial charge in [-0.25, -0.2) is 9.37 Å². The highest BCUT2D eigenvalue weighted by atomic mass is 19.1. The first kappa shape index (κ1) is 13.0. The molecule has 1 heterocycles. The number of nitrogens with two attached hydrogens (primary N) is 1. The molecule has 1 aromatic heterocycles. The molecule has 4 nitrogen and oxygen atoms in total. The molecule has 3 rings (SSSR count). The first-order valence-electron chi connectivity index (χ1n) is 6.91. The lowest BCUT2D eigenvalue weighted by atomic mass is 10.1. The van der Waals surface area contributed by atoms with Crippen molar-refractivity contribution in [3.05, 3.63) is 35.4 Å². The lowest BCUT2D eigenvalue weighted by molar-refractivity contribution is 0.627. The van der Waals surface area contributed by atoms with Gasteiger partial charge in [-0.15, -0.1) is 0 Å². The van der Waals surface area contributed by atoms with Crippen LogP contribution in [0.5, 0.6) is 0 Å². The molecule has 104 valence electrons. The van der Waals surface area contributed by atoms with Crippen LogP contribution in [0.1, 0.15) is 43.0 Å². The van der Waals surface area contributed by atoms with Gasteiger partial charge in [0.25, 0.3) is 0 Å². The molecule has 1 aromatic carbocycles. The average Bonchev–Trinajstić information content (AvgIpc) is 2.95. The smallest absolute Gasteiger partial charge is 0.223 e. The summed E-state index contributed by atoms with van der Waals surface area (Å²) in [5.41, 5.74) is 7.40. The fraction of sp³-hybridized carbons (Fsp3) is 0.400. The van der Waals surface area contributed by atoms with Gasteiger partial charge in [0.1, 0.15) is 11.6 Å². The Balaban J connectivity index is 2.06. The number of aryl methyl sites for hydroxylation is 1. The quantitative estimate of drug-likeness (QED) is 0.911. The monoisotopic (exact) mass is 272 g/mol. The van der Waals surface area contributed by atoms with Gasteiger partial charge in [-0.2, -0.15) is 9.97 Å². The predicted molar refractivity (Wildman–Crippen MR) is 75.6 cm³/mol. The van der Waals surface area contributed by atoms with E-state index < -0.39 is 0 Å². The molecule has 0 aliphatic heterocycles. The first-order chi connectivity index (χ1) is 9.63. The van der Waals surface area contributed by atoms with Gasteiger partial charge < -0.3 is 5.73 Å². The summed E-state index contributed by atoms with van der Waals surface area (Å²) in [7, 11) is 0. The Hall–Kier alpha value is -2.04. The number of rotatable bonds is 2. The third kappa shape index (κ3) is 2.48. The molecule has 1 aliphatic carbocycles. The second kappa shape index (κ2) is 5.15. The Labute approximate surface area is 117 Å². The van der Waals surface area contributed by atoms with Crippen LogP contribution in [0.2, 0.25) is 0 Å². The number of benzene rings is 1. The van der Waals surface area contributed by atoms with Gasteiger partial charge in [-0.05, 0) is 37.5 Å². The maximum absolute atomic E-state index is 13.4. The summed E-state index contributed by atoms with van der Waals surface area (Å²) in [4.78, 5) is 12.9. The summed E-state index contributed by atoms with van der Waals surface area (Å²) in [6.45, 7) is 1.91. The van der Waals surface area contributed by atoms with Crippen LogP contribution in [-0.4, -0.2) is 15.0 Å². The van der Waals surface area contributed by atoms with Gasteiger partial charge in [0, 0.05) is 11.5 Å². The van der Waals surface area contributed by atoms with Crippen LogP contribution in [0.4, 0.5) is 10.3 Å². The van der Waals surface area contributed by atoms with Crippen molar-refractivity contribution in [2.45, 2.75) is 38.5 Å². The van der Waals surface area contributed by atoms with E-state index in [9.17, 15) is 4.39 Å². The zero-order chi connectivity index (χ0) is 14.1. The molecule has 1 aliphatic rings. The molecule has 0 amide bonds. The second-order valence-electron chi connectivity index (χ2n) is 5.32. The average molecular weight is 272 g/mol. The number of anilines is 1. The first-order valence-corrected chi connectivity index (χ1v) is 6.91. The maximum atomic E-state index is 13.4. The molecule has 2 aromatic rings. The van der Waals surface area contributed by atoms with Crippen molar-refractivity contribution in [2.75, 3.05) is 5.73 Å². The van der Waals surface area contributed by atoms with E-state index in [2.05, 4.69) is 15.0 Å². The van der Waals surface area contributed by atoms with Crippen molar-refractivity contribution in [2.24, 2.45) is 0 Å². The van der Waals surface area contributed by atoms with Gasteiger partial charge in [-0.1, -0.05) is 18.9 Å². The summed E-state index contributed by atoms with van der Waals surface area (Å²) in [6, 6.07) is 4.60. The van der Waals surface area contributed by atoms with E-state index in [1.54, 1.807) is 6.07 Å². The SMILES string of the molecule is Cc1ccc(F)cc1-c1nc(N)nc(C2CCCC2)n1. The van der Waals surface area contributed by atoms with Crippen molar-refractivity contribution in [1.82, 2.24) is 15.0 Å². The van der Waals surface area contributed by atoms with E-state index in [-0.39, 0.29) is 11.8 Å². The van der Waals surface area contributed by atoms with Gasteiger partial charge in [0.15, 0.2) is 5.82 Å². The largest absolute Gasteiger partial charge is 0.368 e. The number of nitrogen functional groups attached to an aromatic ring is 1.